The molecular formula is C19H18ClN3O. The lowest BCUT2D eigenvalue weighted by atomic mass is 10.1. The number of carbonyl (C=O) groups excluding carboxylic acids is 1. The summed E-state index contributed by atoms with van der Waals surface area (Å²) in [5.74, 6) is 0.680. The summed E-state index contributed by atoms with van der Waals surface area (Å²) in [5, 5.41) is 7.91. The van der Waals surface area contributed by atoms with E-state index in [1.807, 2.05) is 60.7 Å². The molecule has 0 radical (unpaired) electrons. The summed E-state index contributed by atoms with van der Waals surface area (Å²) in [6, 6.07) is 19.4. The van der Waals surface area contributed by atoms with Crippen molar-refractivity contribution in [2.45, 2.75) is 19.4 Å². The molecule has 0 unspecified atom stereocenters. The van der Waals surface area contributed by atoms with Crippen molar-refractivity contribution < 1.29 is 4.79 Å². The summed E-state index contributed by atoms with van der Waals surface area (Å²) >= 11 is 5.86. The Morgan fingerprint density at radius 1 is 1.00 bits per heavy atom. The van der Waals surface area contributed by atoms with E-state index in [4.69, 9.17) is 11.6 Å². The molecular weight excluding hydrogens is 322 g/mol. The van der Waals surface area contributed by atoms with Crippen LogP contribution in [0.25, 0.3) is 0 Å². The fraction of sp³-hybridized carbons (Fsp3) is 0.158. The number of aryl methyl sites for hydroxylation is 1. The molecule has 2 aromatic carbocycles. The Hall–Kier alpha value is -2.59. The number of hydrogen-bond acceptors (Lipinski definition) is 2. The first-order chi connectivity index (χ1) is 11.7. The molecule has 0 aliphatic rings. The van der Waals surface area contributed by atoms with Crippen molar-refractivity contribution >= 4 is 23.3 Å². The van der Waals surface area contributed by atoms with Gasteiger partial charge in [0.2, 0.25) is 5.91 Å². The summed E-state index contributed by atoms with van der Waals surface area (Å²) in [4.78, 5) is 12.2. The van der Waals surface area contributed by atoms with Crippen LogP contribution in [-0.2, 0) is 17.8 Å². The first-order valence-corrected chi connectivity index (χ1v) is 8.18. The average molecular weight is 340 g/mol. The number of amides is 1. The van der Waals surface area contributed by atoms with Crippen LogP contribution in [0.15, 0.2) is 66.9 Å². The van der Waals surface area contributed by atoms with E-state index in [0.29, 0.717) is 30.2 Å². The largest absolute Gasteiger partial charge is 0.311 e. The lowest BCUT2D eigenvalue weighted by Crippen LogP contribution is -2.16. The lowest BCUT2D eigenvalue weighted by molar-refractivity contribution is -0.116. The van der Waals surface area contributed by atoms with Gasteiger partial charge in [-0.05, 0) is 29.7 Å². The second-order valence-corrected chi connectivity index (χ2v) is 5.97. The Morgan fingerprint density at radius 3 is 2.50 bits per heavy atom. The van der Waals surface area contributed by atoms with Crippen molar-refractivity contribution in [3.8, 4) is 0 Å². The van der Waals surface area contributed by atoms with Gasteiger partial charge in [0.1, 0.15) is 5.82 Å². The molecule has 5 heteroatoms. The Labute approximate surface area is 146 Å². The quantitative estimate of drug-likeness (QED) is 0.733. The third-order valence-electron chi connectivity index (χ3n) is 3.71. The molecule has 0 spiro atoms. The van der Waals surface area contributed by atoms with Crippen LogP contribution in [-0.4, -0.2) is 15.7 Å². The number of nitrogens with zero attached hydrogens (tertiary/aromatic N) is 2. The first-order valence-electron chi connectivity index (χ1n) is 7.81. The number of rotatable bonds is 6. The highest BCUT2D eigenvalue weighted by Gasteiger charge is 2.08. The van der Waals surface area contributed by atoms with Crippen LogP contribution in [0.3, 0.4) is 0 Å². The van der Waals surface area contributed by atoms with Crippen molar-refractivity contribution in [3.05, 3.63) is 83.0 Å². The number of aromatic nitrogens is 2. The van der Waals surface area contributed by atoms with E-state index >= 15 is 0 Å². The standard InChI is InChI=1S/C19H18ClN3O/c20-17-9-6-15(7-10-17)8-11-19(24)22-18-12-13-21-23(18)14-16-4-2-1-3-5-16/h1-7,9-10,12-13H,8,11,14H2,(H,22,24). The molecule has 0 atom stereocenters. The molecule has 3 aromatic rings. The second kappa shape index (κ2) is 7.79. The van der Waals surface area contributed by atoms with E-state index in [-0.39, 0.29) is 5.91 Å². The minimum absolute atomic E-state index is 0.0280. The molecule has 1 aromatic heterocycles. The van der Waals surface area contributed by atoms with E-state index in [1.54, 1.807) is 10.9 Å². The van der Waals surface area contributed by atoms with Crippen molar-refractivity contribution in [2.24, 2.45) is 0 Å². The van der Waals surface area contributed by atoms with Crippen LogP contribution in [0.2, 0.25) is 5.02 Å². The zero-order chi connectivity index (χ0) is 16.8. The fourth-order valence-electron chi connectivity index (χ4n) is 2.44. The Bertz CT molecular complexity index is 797. The van der Waals surface area contributed by atoms with E-state index in [9.17, 15) is 4.79 Å². The van der Waals surface area contributed by atoms with E-state index in [1.165, 1.54) is 0 Å². The molecule has 1 heterocycles. The first kappa shape index (κ1) is 16.3. The third kappa shape index (κ3) is 4.46. The summed E-state index contributed by atoms with van der Waals surface area (Å²) in [6.07, 6.45) is 2.78. The molecule has 4 nitrogen and oxygen atoms in total. The van der Waals surface area contributed by atoms with Crippen molar-refractivity contribution in [2.75, 3.05) is 5.32 Å². The van der Waals surface area contributed by atoms with E-state index in [2.05, 4.69) is 10.4 Å². The topological polar surface area (TPSA) is 46.9 Å². The van der Waals surface area contributed by atoms with Crippen LogP contribution in [0.5, 0.6) is 0 Å². The lowest BCUT2D eigenvalue weighted by Gasteiger charge is -2.09. The van der Waals surface area contributed by atoms with Crippen LogP contribution >= 0.6 is 11.6 Å². The smallest absolute Gasteiger partial charge is 0.225 e. The number of anilines is 1. The van der Waals surface area contributed by atoms with Crippen molar-refractivity contribution in [1.29, 1.82) is 0 Å². The molecule has 0 saturated heterocycles. The van der Waals surface area contributed by atoms with Gasteiger partial charge in [0.15, 0.2) is 0 Å². The molecule has 0 aliphatic carbocycles. The van der Waals surface area contributed by atoms with Gasteiger partial charge < -0.3 is 5.32 Å². The molecule has 122 valence electrons. The van der Waals surface area contributed by atoms with Gasteiger partial charge in [0.25, 0.3) is 0 Å². The predicted molar refractivity (Wildman–Crippen MR) is 96.2 cm³/mol. The van der Waals surface area contributed by atoms with Gasteiger partial charge >= 0.3 is 0 Å². The monoisotopic (exact) mass is 339 g/mol. The van der Waals surface area contributed by atoms with Gasteiger partial charge in [0, 0.05) is 17.5 Å². The van der Waals surface area contributed by atoms with Crippen molar-refractivity contribution in [3.63, 3.8) is 0 Å². The third-order valence-corrected chi connectivity index (χ3v) is 3.97. The van der Waals surface area contributed by atoms with Gasteiger partial charge in [-0.2, -0.15) is 5.10 Å². The zero-order valence-corrected chi connectivity index (χ0v) is 13.9. The van der Waals surface area contributed by atoms with Crippen LogP contribution in [0.4, 0.5) is 5.82 Å². The molecule has 0 aliphatic heterocycles. The number of hydrogen-bond donors (Lipinski definition) is 1. The van der Waals surface area contributed by atoms with Crippen LogP contribution in [0.1, 0.15) is 17.5 Å². The number of carbonyl (C=O) groups is 1. The summed E-state index contributed by atoms with van der Waals surface area (Å²) in [5.41, 5.74) is 2.23. The summed E-state index contributed by atoms with van der Waals surface area (Å²) in [6.45, 7) is 0.626. The second-order valence-electron chi connectivity index (χ2n) is 5.53. The molecule has 0 fully saturated rings. The summed E-state index contributed by atoms with van der Waals surface area (Å²) in [7, 11) is 0. The predicted octanol–water partition coefficient (Wildman–Crippen LogP) is 4.16. The maximum atomic E-state index is 12.2. The Kier molecular flexibility index (Phi) is 5.29. The normalized spacial score (nSPS) is 10.5. The Balaban J connectivity index is 1.57. The SMILES string of the molecule is O=C(CCc1ccc(Cl)cc1)Nc1ccnn1Cc1ccccc1. The maximum Gasteiger partial charge on any atom is 0.225 e. The van der Waals surface area contributed by atoms with Crippen LogP contribution in [0, 0.1) is 0 Å². The maximum absolute atomic E-state index is 12.2. The highest BCUT2D eigenvalue weighted by atomic mass is 35.5. The van der Waals surface area contributed by atoms with Gasteiger partial charge in [-0.3, -0.25) is 4.79 Å². The molecule has 1 N–H and O–H groups in total. The number of benzene rings is 2. The zero-order valence-electron chi connectivity index (χ0n) is 13.2. The minimum Gasteiger partial charge on any atom is -0.311 e. The van der Waals surface area contributed by atoms with Gasteiger partial charge in [-0.1, -0.05) is 54.1 Å². The number of nitrogens with one attached hydrogen (secondary N) is 1. The fourth-order valence-corrected chi connectivity index (χ4v) is 2.56. The van der Waals surface area contributed by atoms with Crippen LogP contribution < -0.4 is 5.32 Å². The molecule has 1 amide bonds. The summed E-state index contributed by atoms with van der Waals surface area (Å²) < 4.78 is 1.79. The van der Waals surface area contributed by atoms with Crippen molar-refractivity contribution in [1.82, 2.24) is 9.78 Å². The highest BCUT2D eigenvalue weighted by molar-refractivity contribution is 6.30. The molecule has 24 heavy (non-hydrogen) atoms. The highest BCUT2D eigenvalue weighted by Crippen LogP contribution is 2.13. The van der Waals surface area contributed by atoms with Gasteiger partial charge in [0.05, 0.1) is 12.7 Å². The molecule has 0 bridgehead atoms. The molecule has 3 rings (SSSR count). The van der Waals surface area contributed by atoms with Gasteiger partial charge in [-0.15, -0.1) is 0 Å². The molecule has 0 saturated carbocycles. The minimum atomic E-state index is -0.0280. The average Bonchev–Trinajstić information content (AvgIpc) is 3.02. The van der Waals surface area contributed by atoms with Gasteiger partial charge in [-0.25, -0.2) is 4.68 Å². The Morgan fingerprint density at radius 2 is 1.75 bits per heavy atom. The van der Waals surface area contributed by atoms with E-state index < -0.39 is 0 Å². The number of halogens is 1. The van der Waals surface area contributed by atoms with E-state index in [0.717, 1.165) is 11.1 Å².